The molecule has 1 atom stereocenters. The highest BCUT2D eigenvalue weighted by molar-refractivity contribution is 5.77. The standard InChI is InChI=1S/C25H16F3N5O2/c26-20-11-14(5-8-30-20)18-12-17-21(23(28)32-18)35-19-4-3-13(15-2-1-7-31-22(15)27)10-16(19)25(17)6-9-34-24(29)33-25/h1-5,7-8,10-12H,6,9H2,(H2,29,33). The third-order valence-corrected chi connectivity index (χ3v) is 6.12. The number of nitrogens with two attached hydrogens (primary N) is 1. The number of ether oxygens (including phenoxy) is 2. The highest BCUT2D eigenvalue weighted by atomic mass is 19.1. The lowest BCUT2D eigenvalue weighted by Gasteiger charge is -2.39. The van der Waals surface area contributed by atoms with Gasteiger partial charge in [-0.05, 0) is 42.0 Å². The quantitative estimate of drug-likeness (QED) is 0.422. The maximum absolute atomic E-state index is 15.3. The molecule has 7 nitrogen and oxygen atoms in total. The molecule has 174 valence electrons. The number of aromatic nitrogens is 3. The van der Waals surface area contributed by atoms with Gasteiger partial charge in [-0.25, -0.2) is 19.9 Å². The molecule has 0 radical (unpaired) electrons. The van der Waals surface area contributed by atoms with Crippen LogP contribution in [-0.4, -0.2) is 27.6 Å². The van der Waals surface area contributed by atoms with Crippen molar-refractivity contribution in [2.24, 2.45) is 10.7 Å². The number of aliphatic imine (C=N–C) groups is 1. The number of hydrogen-bond acceptors (Lipinski definition) is 7. The highest BCUT2D eigenvalue weighted by Gasteiger charge is 2.46. The van der Waals surface area contributed by atoms with Gasteiger partial charge in [-0.15, -0.1) is 0 Å². The van der Waals surface area contributed by atoms with E-state index in [1.165, 1.54) is 18.5 Å². The van der Waals surface area contributed by atoms with E-state index in [-0.39, 0.29) is 29.6 Å². The van der Waals surface area contributed by atoms with Gasteiger partial charge in [0.15, 0.2) is 5.75 Å². The van der Waals surface area contributed by atoms with Crippen molar-refractivity contribution in [2.45, 2.75) is 12.0 Å². The Morgan fingerprint density at radius 2 is 1.77 bits per heavy atom. The third-order valence-electron chi connectivity index (χ3n) is 6.12. The summed E-state index contributed by atoms with van der Waals surface area (Å²) in [6, 6.07) is 12.4. The highest BCUT2D eigenvalue weighted by Crippen LogP contribution is 2.53. The first-order chi connectivity index (χ1) is 16.9. The van der Waals surface area contributed by atoms with Crippen LogP contribution < -0.4 is 10.5 Å². The molecule has 0 saturated heterocycles. The van der Waals surface area contributed by atoms with E-state index >= 15 is 4.39 Å². The summed E-state index contributed by atoms with van der Waals surface area (Å²) in [6.07, 6.45) is 2.93. The minimum Gasteiger partial charge on any atom is -0.465 e. The molecule has 1 spiro atoms. The van der Waals surface area contributed by atoms with E-state index in [1.807, 2.05) is 0 Å². The molecule has 4 aromatic rings. The van der Waals surface area contributed by atoms with Gasteiger partial charge in [0.1, 0.15) is 11.3 Å². The van der Waals surface area contributed by atoms with E-state index < -0.39 is 23.4 Å². The zero-order valence-corrected chi connectivity index (χ0v) is 18.0. The minimum atomic E-state index is -1.20. The number of nitrogens with zero attached hydrogens (tertiary/aromatic N) is 4. The second kappa shape index (κ2) is 7.79. The Balaban J connectivity index is 1.61. The van der Waals surface area contributed by atoms with Gasteiger partial charge in [0.25, 0.3) is 12.0 Å². The Labute approximate surface area is 197 Å². The predicted octanol–water partition coefficient (Wildman–Crippen LogP) is 4.71. The number of fused-ring (bicyclic) bond motifs is 4. The van der Waals surface area contributed by atoms with Gasteiger partial charge >= 0.3 is 0 Å². The Hall–Kier alpha value is -4.47. The molecule has 1 aromatic carbocycles. The second-order valence-corrected chi connectivity index (χ2v) is 8.11. The summed E-state index contributed by atoms with van der Waals surface area (Å²) in [7, 11) is 0. The fraction of sp³-hybridized carbons (Fsp3) is 0.120. The van der Waals surface area contributed by atoms with Gasteiger partial charge < -0.3 is 15.2 Å². The van der Waals surface area contributed by atoms with E-state index in [0.717, 1.165) is 6.07 Å². The molecule has 0 fully saturated rings. The molecular formula is C25H16F3N5O2. The molecule has 0 saturated carbocycles. The van der Waals surface area contributed by atoms with Crippen LogP contribution in [0.3, 0.4) is 0 Å². The number of benzene rings is 1. The molecule has 10 heteroatoms. The predicted molar refractivity (Wildman–Crippen MR) is 120 cm³/mol. The van der Waals surface area contributed by atoms with Crippen molar-refractivity contribution < 1.29 is 22.6 Å². The second-order valence-electron chi connectivity index (χ2n) is 8.11. The van der Waals surface area contributed by atoms with E-state index in [2.05, 4.69) is 19.9 Å². The van der Waals surface area contributed by atoms with Gasteiger partial charge in [0, 0.05) is 47.1 Å². The molecule has 0 amide bonds. The summed E-state index contributed by atoms with van der Waals surface area (Å²) >= 11 is 0. The maximum atomic E-state index is 15.3. The number of pyridine rings is 3. The molecule has 0 bridgehead atoms. The van der Waals surface area contributed by atoms with Crippen LogP contribution >= 0.6 is 0 Å². The summed E-state index contributed by atoms with van der Waals surface area (Å²) in [4.78, 5) is 15.9. The first-order valence-corrected chi connectivity index (χ1v) is 10.7. The van der Waals surface area contributed by atoms with Crippen molar-refractivity contribution >= 4 is 6.02 Å². The van der Waals surface area contributed by atoms with Crippen LogP contribution in [0.15, 0.2) is 65.9 Å². The van der Waals surface area contributed by atoms with Crippen molar-refractivity contribution in [3.63, 3.8) is 0 Å². The van der Waals surface area contributed by atoms with E-state index in [9.17, 15) is 8.78 Å². The number of rotatable bonds is 2. The van der Waals surface area contributed by atoms with Crippen molar-refractivity contribution in [1.82, 2.24) is 15.0 Å². The molecule has 2 N–H and O–H groups in total. The summed E-state index contributed by atoms with van der Waals surface area (Å²) in [5.41, 5.74) is 7.00. The molecule has 6 rings (SSSR count). The summed E-state index contributed by atoms with van der Waals surface area (Å²) < 4.78 is 54.9. The van der Waals surface area contributed by atoms with Crippen LogP contribution in [0.5, 0.6) is 11.5 Å². The van der Waals surface area contributed by atoms with Crippen molar-refractivity contribution in [3.05, 3.63) is 89.9 Å². The van der Waals surface area contributed by atoms with Gasteiger partial charge in [-0.1, -0.05) is 6.07 Å². The molecule has 2 aliphatic heterocycles. The summed E-state index contributed by atoms with van der Waals surface area (Å²) in [6.45, 7) is 0.197. The average molecular weight is 475 g/mol. The van der Waals surface area contributed by atoms with Crippen LogP contribution in [0, 0.1) is 17.8 Å². The smallest absolute Gasteiger partial charge is 0.283 e. The van der Waals surface area contributed by atoms with Crippen LogP contribution in [0.2, 0.25) is 0 Å². The van der Waals surface area contributed by atoms with Crippen LogP contribution in [0.4, 0.5) is 13.2 Å². The lowest BCUT2D eigenvalue weighted by Crippen LogP contribution is -2.39. The Morgan fingerprint density at radius 3 is 2.57 bits per heavy atom. The molecule has 0 aliphatic carbocycles. The Kier molecular flexibility index (Phi) is 4.70. The third kappa shape index (κ3) is 3.37. The van der Waals surface area contributed by atoms with E-state index in [1.54, 1.807) is 36.4 Å². The number of amidine groups is 1. The van der Waals surface area contributed by atoms with Crippen LogP contribution in [0.25, 0.3) is 22.4 Å². The maximum Gasteiger partial charge on any atom is 0.283 e. The number of hydrogen-bond donors (Lipinski definition) is 1. The van der Waals surface area contributed by atoms with Gasteiger partial charge in [-0.2, -0.15) is 13.2 Å². The first kappa shape index (κ1) is 21.1. The molecule has 35 heavy (non-hydrogen) atoms. The van der Waals surface area contributed by atoms with Crippen LogP contribution in [0.1, 0.15) is 17.5 Å². The Bertz CT molecular complexity index is 1530. The van der Waals surface area contributed by atoms with E-state index in [4.69, 9.17) is 15.2 Å². The van der Waals surface area contributed by atoms with Crippen molar-refractivity contribution in [1.29, 1.82) is 0 Å². The monoisotopic (exact) mass is 475 g/mol. The molecule has 1 unspecified atom stereocenters. The lowest BCUT2D eigenvalue weighted by atomic mass is 9.77. The first-order valence-electron chi connectivity index (χ1n) is 10.7. The average Bonchev–Trinajstić information content (AvgIpc) is 2.85. The lowest BCUT2D eigenvalue weighted by molar-refractivity contribution is 0.217. The van der Waals surface area contributed by atoms with Crippen molar-refractivity contribution in [3.8, 4) is 33.9 Å². The fourth-order valence-electron chi connectivity index (χ4n) is 4.55. The zero-order chi connectivity index (χ0) is 24.2. The SMILES string of the molecule is NC1=NC2(CCO1)c1cc(-c3cccnc3F)ccc1Oc1c2cc(-c2ccnc(F)c2)nc1F. The number of halogens is 3. The molecule has 3 aromatic heterocycles. The fourth-order valence-corrected chi connectivity index (χ4v) is 4.55. The topological polar surface area (TPSA) is 95.5 Å². The van der Waals surface area contributed by atoms with Gasteiger partial charge in [0.2, 0.25) is 11.9 Å². The van der Waals surface area contributed by atoms with Crippen molar-refractivity contribution in [2.75, 3.05) is 6.61 Å². The van der Waals surface area contributed by atoms with Crippen LogP contribution in [-0.2, 0) is 10.3 Å². The Morgan fingerprint density at radius 1 is 0.886 bits per heavy atom. The minimum absolute atomic E-state index is 0.0817. The summed E-state index contributed by atoms with van der Waals surface area (Å²) in [5.74, 6) is -2.04. The normalized spacial score (nSPS) is 18.2. The zero-order valence-electron chi connectivity index (χ0n) is 18.0. The molecule has 5 heterocycles. The summed E-state index contributed by atoms with van der Waals surface area (Å²) in [5, 5.41) is 0. The molecule has 2 aliphatic rings. The van der Waals surface area contributed by atoms with Gasteiger partial charge in [0.05, 0.1) is 12.3 Å². The molecular weight excluding hydrogens is 459 g/mol. The van der Waals surface area contributed by atoms with Gasteiger partial charge in [-0.3, -0.25) is 0 Å². The largest absolute Gasteiger partial charge is 0.465 e. The van der Waals surface area contributed by atoms with E-state index in [0.29, 0.717) is 34.4 Å².